The smallest absolute Gasteiger partial charge is 0.421 e. The van der Waals surface area contributed by atoms with Gasteiger partial charge in [0.15, 0.2) is 6.61 Å². The second-order valence-electron chi connectivity index (χ2n) is 6.37. The van der Waals surface area contributed by atoms with Crippen LogP contribution in [-0.4, -0.2) is 54.0 Å². The molecule has 1 aliphatic heterocycles. The van der Waals surface area contributed by atoms with Crippen molar-refractivity contribution in [1.82, 2.24) is 15.2 Å². The van der Waals surface area contributed by atoms with E-state index in [4.69, 9.17) is 0 Å². The molecule has 1 fully saturated rings. The highest BCUT2D eigenvalue weighted by Gasteiger charge is 2.43. The van der Waals surface area contributed by atoms with E-state index in [1.807, 2.05) is 18.9 Å². The molecule has 1 amide bonds. The summed E-state index contributed by atoms with van der Waals surface area (Å²) in [6, 6.07) is 1.39. The molecule has 1 saturated heterocycles. The summed E-state index contributed by atoms with van der Waals surface area (Å²) >= 11 is 0. The summed E-state index contributed by atoms with van der Waals surface area (Å²) in [4.78, 5) is 17.2. The largest absolute Gasteiger partial charge is 0.470 e. The molecule has 2 atom stereocenters. The molecule has 2 unspecified atom stereocenters. The highest BCUT2D eigenvalue weighted by molar-refractivity contribution is 5.83. The lowest BCUT2D eigenvalue weighted by molar-refractivity contribution is -0.152. The molecule has 0 spiro atoms. The van der Waals surface area contributed by atoms with Gasteiger partial charge in [-0.05, 0) is 38.9 Å². The molecule has 1 aliphatic rings. The zero-order valence-corrected chi connectivity index (χ0v) is 14.3. The molecule has 10 heteroatoms. The van der Waals surface area contributed by atoms with Gasteiger partial charge >= 0.3 is 12.1 Å². The number of ether oxygens (including phenoxy) is 1. The minimum atomic E-state index is -4.80. The van der Waals surface area contributed by atoms with E-state index in [0.29, 0.717) is 25.5 Å². The van der Waals surface area contributed by atoms with Crippen LogP contribution in [-0.2, 0) is 11.0 Å². The van der Waals surface area contributed by atoms with Crippen molar-refractivity contribution in [3.05, 3.63) is 23.9 Å². The van der Waals surface area contributed by atoms with Crippen LogP contribution in [0.5, 0.6) is 5.88 Å². The van der Waals surface area contributed by atoms with Crippen LogP contribution in [0, 0.1) is 0 Å². The molecule has 2 heterocycles. The molecule has 26 heavy (non-hydrogen) atoms. The van der Waals surface area contributed by atoms with E-state index in [1.54, 1.807) is 0 Å². The molecule has 1 aromatic rings. The van der Waals surface area contributed by atoms with Crippen LogP contribution in [0.4, 0.5) is 22.0 Å². The first-order valence-electron chi connectivity index (χ1n) is 8.04. The van der Waals surface area contributed by atoms with Crippen molar-refractivity contribution in [3.63, 3.8) is 0 Å². The van der Waals surface area contributed by atoms with E-state index in [1.165, 1.54) is 0 Å². The average Bonchev–Trinajstić information content (AvgIpc) is 2.56. The van der Waals surface area contributed by atoms with Gasteiger partial charge in [0.25, 0.3) is 5.91 Å². The molecule has 0 aromatic carbocycles. The Kier molecular flexibility index (Phi) is 6.05. The number of alkyl halides is 5. The fourth-order valence-electron chi connectivity index (χ4n) is 2.66. The van der Waals surface area contributed by atoms with Crippen LogP contribution in [0.1, 0.15) is 25.3 Å². The Morgan fingerprint density at radius 1 is 1.38 bits per heavy atom. The number of halogens is 5. The molecular formula is C16H20F5N3O2. The van der Waals surface area contributed by atoms with Crippen molar-refractivity contribution >= 4 is 5.91 Å². The van der Waals surface area contributed by atoms with Gasteiger partial charge in [0.1, 0.15) is 5.56 Å². The predicted molar refractivity (Wildman–Crippen MR) is 82.9 cm³/mol. The predicted octanol–water partition coefficient (Wildman–Crippen LogP) is 2.71. The molecule has 1 aromatic heterocycles. The third-order valence-electron chi connectivity index (χ3n) is 4.34. The summed E-state index contributed by atoms with van der Waals surface area (Å²) in [7, 11) is 1.90. The van der Waals surface area contributed by atoms with E-state index >= 15 is 0 Å². The maximum Gasteiger partial charge on any atom is 0.421 e. The monoisotopic (exact) mass is 381 g/mol. The van der Waals surface area contributed by atoms with Crippen molar-refractivity contribution in [2.75, 3.05) is 20.2 Å². The maximum atomic E-state index is 14.0. The molecule has 0 saturated carbocycles. The number of carbonyl (C=O) groups excluding carboxylic acids is 1. The van der Waals surface area contributed by atoms with Crippen LogP contribution in [0.2, 0.25) is 0 Å². The minimum Gasteiger partial charge on any atom is -0.470 e. The van der Waals surface area contributed by atoms with Crippen molar-refractivity contribution in [3.8, 4) is 5.88 Å². The number of nitrogens with zero attached hydrogens (tertiary/aromatic N) is 2. The third kappa shape index (κ3) is 5.03. The first-order valence-corrected chi connectivity index (χ1v) is 8.04. The molecule has 2 rings (SSSR count). The zero-order valence-electron chi connectivity index (χ0n) is 14.3. The summed E-state index contributed by atoms with van der Waals surface area (Å²) in [5.41, 5.74) is -1.28. The van der Waals surface area contributed by atoms with Gasteiger partial charge in [0.2, 0.25) is 5.88 Å². The van der Waals surface area contributed by atoms with Crippen molar-refractivity contribution < 1.29 is 31.5 Å². The topological polar surface area (TPSA) is 54.5 Å². The number of rotatable bonds is 5. The SMILES string of the molecule is CC1CC(NC(=O)C(F)(F)COc2ncccc2C(F)(F)F)CCN1C. The zero-order chi connectivity index (χ0) is 19.5. The summed E-state index contributed by atoms with van der Waals surface area (Å²) in [5, 5.41) is 2.25. The standard InChI is InChI=1S/C16H20F5N3O2/c1-10-8-11(5-7-24(10)2)23-14(25)15(17,18)9-26-13-12(16(19,20)21)4-3-6-22-13/h3-4,6,10-11H,5,7-9H2,1-2H3,(H,23,25). The second kappa shape index (κ2) is 7.73. The Hall–Kier alpha value is -1.97. The number of piperidine rings is 1. The third-order valence-corrected chi connectivity index (χ3v) is 4.34. The number of pyridine rings is 1. The number of nitrogens with one attached hydrogen (secondary N) is 1. The number of hydrogen-bond acceptors (Lipinski definition) is 4. The fraction of sp³-hybridized carbons (Fsp3) is 0.625. The maximum absolute atomic E-state index is 14.0. The Morgan fingerprint density at radius 3 is 2.69 bits per heavy atom. The van der Waals surface area contributed by atoms with E-state index in [2.05, 4.69) is 15.0 Å². The lowest BCUT2D eigenvalue weighted by atomic mass is 9.99. The number of hydrogen-bond donors (Lipinski definition) is 1. The van der Waals surface area contributed by atoms with Crippen LogP contribution < -0.4 is 10.1 Å². The summed E-state index contributed by atoms with van der Waals surface area (Å²) in [6.45, 7) is 1.04. The lowest BCUT2D eigenvalue weighted by Crippen LogP contribution is -2.52. The Balaban J connectivity index is 1.97. The van der Waals surface area contributed by atoms with E-state index in [9.17, 15) is 26.7 Å². The summed E-state index contributed by atoms with van der Waals surface area (Å²) in [6.07, 6.45) is -2.78. The molecule has 146 valence electrons. The quantitative estimate of drug-likeness (QED) is 0.797. The van der Waals surface area contributed by atoms with Gasteiger partial charge in [-0.1, -0.05) is 0 Å². The summed E-state index contributed by atoms with van der Waals surface area (Å²) < 4.78 is 71.0. The second-order valence-corrected chi connectivity index (χ2v) is 6.37. The van der Waals surface area contributed by atoms with Crippen LogP contribution in [0.3, 0.4) is 0 Å². The van der Waals surface area contributed by atoms with Crippen molar-refractivity contribution in [2.45, 2.75) is 43.9 Å². The van der Waals surface area contributed by atoms with Gasteiger partial charge in [-0.15, -0.1) is 0 Å². The van der Waals surface area contributed by atoms with Crippen LogP contribution in [0.15, 0.2) is 18.3 Å². The molecule has 5 nitrogen and oxygen atoms in total. The normalized spacial score (nSPS) is 22.1. The molecule has 0 radical (unpaired) electrons. The highest BCUT2D eigenvalue weighted by atomic mass is 19.4. The van der Waals surface area contributed by atoms with Gasteiger partial charge in [0, 0.05) is 24.8 Å². The molecule has 1 N–H and O–H groups in total. The Bertz CT molecular complexity index is 639. The molecule has 0 aliphatic carbocycles. The van der Waals surface area contributed by atoms with Gasteiger partial charge in [-0.25, -0.2) is 4.98 Å². The minimum absolute atomic E-state index is 0.127. The number of likely N-dealkylation sites (tertiary alicyclic amines) is 1. The first kappa shape index (κ1) is 20.3. The number of carbonyl (C=O) groups is 1. The number of amides is 1. The van der Waals surface area contributed by atoms with Gasteiger partial charge in [-0.2, -0.15) is 22.0 Å². The van der Waals surface area contributed by atoms with Gasteiger partial charge in [0.05, 0.1) is 0 Å². The number of aromatic nitrogens is 1. The van der Waals surface area contributed by atoms with E-state index in [-0.39, 0.29) is 6.04 Å². The average molecular weight is 381 g/mol. The van der Waals surface area contributed by atoms with Gasteiger partial charge < -0.3 is 15.0 Å². The van der Waals surface area contributed by atoms with E-state index < -0.39 is 42.1 Å². The van der Waals surface area contributed by atoms with Crippen LogP contribution >= 0.6 is 0 Å². The lowest BCUT2D eigenvalue weighted by Gasteiger charge is -2.35. The van der Waals surface area contributed by atoms with Crippen LogP contribution in [0.25, 0.3) is 0 Å². The molecular weight excluding hydrogens is 361 g/mol. The Labute approximate surface area is 147 Å². The fourth-order valence-corrected chi connectivity index (χ4v) is 2.66. The highest BCUT2D eigenvalue weighted by Crippen LogP contribution is 2.35. The van der Waals surface area contributed by atoms with Crippen molar-refractivity contribution in [1.29, 1.82) is 0 Å². The van der Waals surface area contributed by atoms with E-state index in [0.717, 1.165) is 12.3 Å². The van der Waals surface area contributed by atoms with Gasteiger partial charge in [-0.3, -0.25) is 4.79 Å². The first-order chi connectivity index (χ1) is 12.0. The molecule has 0 bridgehead atoms. The van der Waals surface area contributed by atoms with Crippen molar-refractivity contribution in [2.24, 2.45) is 0 Å². The Morgan fingerprint density at radius 2 is 2.08 bits per heavy atom. The summed E-state index contributed by atoms with van der Waals surface area (Å²) in [5.74, 6) is -6.53.